The van der Waals surface area contributed by atoms with E-state index < -0.39 is 0 Å². The number of rotatable bonds is 1. The summed E-state index contributed by atoms with van der Waals surface area (Å²) >= 11 is 0. The molecule has 3 nitrogen and oxygen atoms in total. The first-order valence-electron chi connectivity index (χ1n) is 4.90. The Labute approximate surface area is 93.1 Å². The van der Waals surface area contributed by atoms with Gasteiger partial charge in [0.15, 0.2) is 0 Å². The van der Waals surface area contributed by atoms with Gasteiger partial charge in [0.25, 0.3) is 0 Å². The van der Waals surface area contributed by atoms with E-state index in [1.165, 1.54) is 7.11 Å². The number of ether oxygens (including phenoxy) is 1. The van der Waals surface area contributed by atoms with E-state index in [-0.39, 0.29) is 5.97 Å². The topological polar surface area (TPSA) is 38.7 Å². The van der Waals surface area contributed by atoms with E-state index in [0.29, 0.717) is 5.57 Å². The molecule has 1 heterocycles. The summed E-state index contributed by atoms with van der Waals surface area (Å²) in [6.07, 6.45) is 6.80. The monoisotopic (exact) mass is 213 g/mol. The summed E-state index contributed by atoms with van der Waals surface area (Å²) in [5.74, 6) is -0.353. The van der Waals surface area contributed by atoms with Crippen molar-refractivity contribution in [2.24, 2.45) is 4.99 Å². The highest BCUT2D eigenvalue weighted by atomic mass is 16.5. The van der Waals surface area contributed by atoms with Crippen LogP contribution in [0.15, 0.2) is 41.5 Å². The fraction of sp³-hybridized carbons (Fsp3) is 0.0769. The summed E-state index contributed by atoms with van der Waals surface area (Å²) in [5.41, 5.74) is 0.520. The van der Waals surface area contributed by atoms with Crippen molar-refractivity contribution in [3.63, 3.8) is 0 Å². The summed E-state index contributed by atoms with van der Waals surface area (Å²) in [7, 11) is 1.37. The predicted octanol–water partition coefficient (Wildman–Crippen LogP) is 0.389. The summed E-state index contributed by atoms with van der Waals surface area (Å²) in [5, 5.41) is 1.81. The highest BCUT2D eigenvalue weighted by molar-refractivity contribution is 6.14. The zero-order chi connectivity index (χ0) is 11.4. The number of nitrogens with zero attached hydrogens (tertiary/aromatic N) is 1. The number of esters is 1. The first-order chi connectivity index (χ1) is 7.83. The number of carbonyl (C=O) groups is 1. The van der Waals surface area contributed by atoms with Crippen LogP contribution in [0.1, 0.15) is 0 Å². The maximum absolute atomic E-state index is 11.6. The third-order valence-corrected chi connectivity index (χ3v) is 2.32. The summed E-state index contributed by atoms with van der Waals surface area (Å²) in [6, 6.07) is 7.64. The van der Waals surface area contributed by atoms with E-state index in [1.807, 2.05) is 30.3 Å². The lowest BCUT2D eigenvalue weighted by Crippen LogP contribution is -2.29. The SMILES string of the molecule is COC(=O)C1=c2cccc/c2=C/C=N\C=C/1. The quantitative estimate of drug-likeness (QED) is 0.633. The molecule has 0 atom stereocenters. The minimum Gasteiger partial charge on any atom is -0.465 e. The normalized spacial score (nSPS) is 19.6. The van der Waals surface area contributed by atoms with Crippen LogP contribution in [0.4, 0.5) is 0 Å². The van der Waals surface area contributed by atoms with Crippen molar-refractivity contribution in [2.75, 3.05) is 7.11 Å². The van der Waals surface area contributed by atoms with E-state index in [2.05, 4.69) is 4.99 Å². The van der Waals surface area contributed by atoms with Crippen molar-refractivity contribution < 1.29 is 9.53 Å². The molecule has 0 aromatic heterocycles. The summed E-state index contributed by atoms with van der Waals surface area (Å²) in [4.78, 5) is 15.6. The molecule has 0 saturated heterocycles. The van der Waals surface area contributed by atoms with Gasteiger partial charge < -0.3 is 4.74 Å². The van der Waals surface area contributed by atoms with Crippen molar-refractivity contribution in [3.05, 3.63) is 47.0 Å². The number of fused-ring (bicyclic) bond motifs is 1. The third kappa shape index (κ3) is 1.93. The van der Waals surface area contributed by atoms with Gasteiger partial charge in [-0.1, -0.05) is 24.3 Å². The van der Waals surface area contributed by atoms with Gasteiger partial charge in [-0.25, -0.2) is 4.79 Å². The Balaban J connectivity index is 2.82. The Morgan fingerprint density at radius 1 is 1.31 bits per heavy atom. The van der Waals surface area contributed by atoms with Crippen LogP contribution in [0.25, 0.3) is 11.6 Å². The number of hydrogen-bond donors (Lipinski definition) is 0. The third-order valence-electron chi connectivity index (χ3n) is 2.32. The van der Waals surface area contributed by atoms with Crippen LogP contribution in [-0.4, -0.2) is 19.3 Å². The number of benzene rings is 1. The van der Waals surface area contributed by atoms with Gasteiger partial charge in [0, 0.05) is 12.4 Å². The molecule has 3 heteroatoms. The van der Waals surface area contributed by atoms with Gasteiger partial charge in [0.1, 0.15) is 0 Å². The molecule has 0 spiro atoms. The molecular formula is C13H11NO2. The smallest absolute Gasteiger partial charge is 0.338 e. The summed E-state index contributed by atoms with van der Waals surface area (Å²) in [6.45, 7) is 0. The molecule has 1 aromatic rings. The zero-order valence-corrected chi connectivity index (χ0v) is 8.88. The van der Waals surface area contributed by atoms with Crippen LogP contribution in [0.2, 0.25) is 0 Å². The molecule has 80 valence electrons. The van der Waals surface area contributed by atoms with Crippen LogP contribution in [0, 0.1) is 0 Å². The molecule has 0 N–H and O–H groups in total. The van der Waals surface area contributed by atoms with E-state index in [9.17, 15) is 4.79 Å². The average molecular weight is 213 g/mol. The Morgan fingerprint density at radius 2 is 2.12 bits per heavy atom. The lowest BCUT2D eigenvalue weighted by molar-refractivity contribution is -0.133. The molecule has 1 aliphatic heterocycles. The van der Waals surface area contributed by atoms with E-state index in [1.54, 1.807) is 18.5 Å². The summed E-state index contributed by atoms with van der Waals surface area (Å²) < 4.78 is 4.75. The first kappa shape index (κ1) is 10.4. The van der Waals surface area contributed by atoms with Crippen molar-refractivity contribution in [3.8, 4) is 0 Å². The molecule has 1 aliphatic rings. The van der Waals surface area contributed by atoms with Crippen molar-refractivity contribution in [1.82, 2.24) is 0 Å². The van der Waals surface area contributed by atoms with Crippen LogP contribution >= 0.6 is 0 Å². The molecule has 2 rings (SSSR count). The molecule has 0 bridgehead atoms. The molecular weight excluding hydrogens is 202 g/mol. The zero-order valence-electron chi connectivity index (χ0n) is 8.88. The van der Waals surface area contributed by atoms with Crippen LogP contribution in [0.5, 0.6) is 0 Å². The Bertz CT molecular complexity index is 582. The first-order valence-corrected chi connectivity index (χ1v) is 4.90. The van der Waals surface area contributed by atoms with E-state index in [4.69, 9.17) is 4.74 Å². The molecule has 0 aliphatic carbocycles. The fourth-order valence-electron chi connectivity index (χ4n) is 1.56. The van der Waals surface area contributed by atoms with Crippen LogP contribution in [-0.2, 0) is 9.53 Å². The standard InChI is InChI=1S/C13H11NO2/c1-16-13(15)12-7-9-14-8-6-10-4-2-3-5-11(10)12/h2-9H,1H3/b8-6?,9-7-,10-6-,12-7?,12-11?,14-8-,14-9?. The minimum absolute atomic E-state index is 0.353. The van der Waals surface area contributed by atoms with Gasteiger partial charge in [0.05, 0.1) is 12.7 Å². The molecule has 0 saturated carbocycles. The lowest BCUT2D eigenvalue weighted by atomic mass is 10.1. The van der Waals surface area contributed by atoms with Gasteiger partial charge in [-0.2, -0.15) is 0 Å². The maximum atomic E-state index is 11.6. The van der Waals surface area contributed by atoms with Crippen molar-refractivity contribution in [2.45, 2.75) is 0 Å². The maximum Gasteiger partial charge on any atom is 0.338 e. The van der Waals surface area contributed by atoms with Gasteiger partial charge in [0.2, 0.25) is 0 Å². The van der Waals surface area contributed by atoms with E-state index in [0.717, 1.165) is 10.4 Å². The highest BCUT2D eigenvalue weighted by Crippen LogP contribution is 1.99. The van der Waals surface area contributed by atoms with Crippen LogP contribution in [0.3, 0.4) is 0 Å². The number of methoxy groups -OCH3 is 1. The fourth-order valence-corrected chi connectivity index (χ4v) is 1.56. The lowest BCUT2D eigenvalue weighted by Gasteiger charge is -2.01. The van der Waals surface area contributed by atoms with E-state index >= 15 is 0 Å². The van der Waals surface area contributed by atoms with Gasteiger partial charge in [-0.3, -0.25) is 4.99 Å². The highest BCUT2D eigenvalue weighted by Gasteiger charge is 2.07. The second kappa shape index (κ2) is 4.57. The number of carbonyl (C=O) groups excluding carboxylic acids is 1. The molecule has 0 fully saturated rings. The Morgan fingerprint density at radius 3 is 2.94 bits per heavy atom. The van der Waals surface area contributed by atoms with Gasteiger partial charge >= 0.3 is 5.97 Å². The number of hydrogen-bond acceptors (Lipinski definition) is 3. The molecule has 16 heavy (non-hydrogen) atoms. The van der Waals surface area contributed by atoms with Gasteiger partial charge in [-0.15, -0.1) is 0 Å². The average Bonchev–Trinajstić information content (AvgIpc) is 2.29. The predicted molar refractivity (Wildman–Crippen MR) is 63.2 cm³/mol. The Kier molecular flexibility index (Phi) is 2.96. The number of aliphatic imine (C=N–C) groups is 1. The largest absolute Gasteiger partial charge is 0.465 e. The molecule has 0 amide bonds. The van der Waals surface area contributed by atoms with Crippen molar-refractivity contribution in [1.29, 1.82) is 0 Å². The second-order valence-corrected chi connectivity index (χ2v) is 3.27. The molecule has 0 unspecified atom stereocenters. The van der Waals surface area contributed by atoms with Gasteiger partial charge in [-0.05, 0) is 22.6 Å². The second-order valence-electron chi connectivity index (χ2n) is 3.27. The molecule has 1 aromatic carbocycles. The Hall–Kier alpha value is -2.16. The molecule has 0 radical (unpaired) electrons. The minimum atomic E-state index is -0.353. The van der Waals surface area contributed by atoms with Crippen molar-refractivity contribution >= 4 is 23.8 Å². The van der Waals surface area contributed by atoms with Crippen LogP contribution < -0.4 is 10.4 Å².